The number of hydrogen-bond acceptors (Lipinski definition) is 3. The molecule has 1 aliphatic heterocycles. The van der Waals surface area contributed by atoms with Crippen LogP contribution in [0.15, 0.2) is 24.3 Å². The van der Waals surface area contributed by atoms with Gasteiger partial charge in [0.1, 0.15) is 5.75 Å². The van der Waals surface area contributed by atoms with Crippen molar-refractivity contribution >= 4 is 11.6 Å². The van der Waals surface area contributed by atoms with Gasteiger partial charge < -0.3 is 15.4 Å². The Morgan fingerprint density at radius 3 is 2.75 bits per heavy atom. The molecular formula is C16H25ClN2O. The molecule has 0 aliphatic carbocycles. The molecule has 2 rings (SSSR count). The Bertz CT molecular complexity index is 396. The summed E-state index contributed by atoms with van der Waals surface area (Å²) in [5.74, 6) is 1.56. The molecule has 0 amide bonds. The number of likely N-dealkylation sites (tertiary alicyclic amines) is 1. The van der Waals surface area contributed by atoms with Crippen molar-refractivity contribution in [2.45, 2.75) is 32.2 Å². The molecule has 1 fully saturated rings. The molecule has 3 nitrogen and oxygen atoms in total. The van der Waals surface area contributed by atoms with Gasteiger partial charge in [0.15, 0.2) is 0 Å². The fourth-order valence-corrected chi connectivity index (χ4v) is 2.88. The summed E-state index contributed by atoms with van der Waals surface area (Å²) in [6, 6.07) is 8.21. The standard InChI is InChI=1S/C16H25ClN2O/c1-13-3-4-14(11-18)12-19(13)9-2-10-20-16-7-5-15(17)6-8-16/h5-8,13-14H,2-4,9-12,18H2,1H3. The van der Waals surface area contributed by atoms with Crippen LogP contribution in [0.25, 0.3) is 0 Å². The van der Waals surface area contributed by atoms with Gasteiger partial charge in [-0.2, -0.15) is 0 Å². The average molecular weight is 297 g/mol. The smallest absolute Gasteiger partial charge is 0.119 e. The Hall–Kier alpha value is -0.770. The molecule has 1 saturated heterocycles. The summed E-state index contributed by atoms with van der Waals surface area (Å²) in [6.45, 7) is 6.10. The van der Waals surface area contributed by atoms with E-state index in [1.807, 2.05) is 24.3 Å². The van der Waals surface area contributed by atoms with Crippen LogP contribution in [-0.4, -0.2) is 37.2 Å². The Kier molecular flexibility index (Phi) is 6.14. The first-order valence-electron chi connectivity index (χ1n) is 7.51. The second-order valence-electron chi connectivity index (χ2n) is 5.68. The number of nitrogens with zero attached hydrogens (tertiary/aromatic N) is 1. The van der Waals surface area contributed by atoms with Crippen LogP contribution in [0.5, 0.6) is 5.75 Å². The van der Waals surface area contributed by atoms with Crippen molar-refractivity contribution in [3.63, 3.8) is 0 Å². The number of rotatable bonds is 6. The van der Waals surface area contributed by atoms with E-state index in [2.05, 4.69) is 11.8 Å². The lowest BCUT2D eigenvalue weighted by Gasteiger charge is -2.37. The number of hydrogen-bond donors (Lipinski definition) is 1. The second kappa shape index (κ2) is 7.87. The lowest BCUT2D eigenvalue weighted by Crippen LogP contribution is -2.44. The van der Waals surface area contributed by atoms with Crippen molar-refractivity contribution in [1.82, 2.24) is 4.90 Å². The van der Waals surface area contributed by atoms with E-state index in [-0.39, 0.29) is 0 Å². The number of nitrogens with two attached hydrogens (primary N) is 1. The van der Waals surface area contributed by atoms with Gasteiger partial charge in [-0.05, 0) is 62.9 Å². The molecule has 0 bridgehead atoms. The van der Waals surface area contributed by atoms with Crippen molar-refractivity contribution in [2.24, 2.45) is 11.7 Å². The second-order valence-corrected chi connectivity index (χ2v) is 6.12. The number of halogens is 1. The Morgan fingerprint density at radius 1 is 1.30 bits per heavy atom. The Morgan fingerprint density at radius 2 is 2.05 bits per heavy atom. The molecule has 2 unspecified atom stereocenters. The molecule has 1 heterocycles. The van der Waals surface area contributed by atoms with Gasteiger partial charge in [0.25, 0.3) is 0 Å². The monoisotopic (exact) mass is 296 g/mol. The van der Waals surface area contributed by atoms with Gasteiger partial charge in [-0.15, -0.1) is 0 Å². The van der Waals surface area contributed by atoms with Crippen LogP contribution >= 0.6 is 11.6 Å². The van der Waals surface area contributed by atoms with Crippen molar-refractivity contribution in [3.05, 3.63) is 29.3 Å². The summed E-state index contributed by atoms with van der Waals surface area (Å²) < 4.78 is 5.73. The summed E-state index contributed by atoms with van der Waals surface area (Å²) in [4.78, 5) is 2.55. The van der Waals surface area contributed by atoms with Crippen LogP contribution < -0.4 is 10.5 Å². The maximum atomic E-state index is 5.85. The van der Waals surface area contributed by atoms with Gasteiger partial charge >= 0.3 is 0 Å². The van der Waals surface area contributed by atoms with Crippen LogP contribution in [0.4, 0.5) is 0 Å². The summed E-state index contributed by atoms with van der Waals surface area (Å²) in [6.07, 6.45) is 3.58. The third kappa shape index (κ3) is 4.65. The molecule has 0 spiro atoms. The molecule has 2 atom stereocenters. The van der Waals surface area contributed by atoms with E-state index in [9.17, 15) is 0 Å². The number of benzene rings is 1. The lowest BCUT2D eigenvalue weighted by molar-refractivity contribution is 0.113. The van der Waals surface area contributed by atoms with Gasteiger partial charge in [-0.25, -0.2) is 0 Å². The molecule has 1 aliphatic rings. The van der Waals surface area contributed by atoms with Crippen LogP contribution in [0.1, 0.15) is 26.2 Å². The first-order valence-corrected chi connectivity index (χ1v) is 7.89. The predicted octanol–water partition coefficient (Wildman–Crippen LogP) is 3.17. The zero-order chi connectivity index (χ0) is 14.4. The van der Waals surface area contributed by atoms with E-state index < -0.39 is 0 Å². The highest BCUT2D eigenvalue weighted by Crippen LogP contribution is 2.21. The molecule has 20 heavy (non-hydrogen) atoms. The molecule has 2 N–H and O–H groups in total. The summed E-state index contributed by atoms with van der Waals surface area (Å²) in [7, 11) is 0. The molecule has 1 aromatic rings. The van der Waals surface area contributed by atoms with Gasteiger partial charge in [-0.1, -0.05) is 11.6 Å². The first-order chi connectivity index (χ1) is 9.69. The Labute approximate surface area is 127 Å². The predicted molar refractivity (Wildman–Crippen MR) is 84.4 cm³/mol. The first kappa shape index (κ1) is 15.6. The quantitative estimate of drug-likeness (QED) is 0.820. The lowest BCUT2D eigenvalue weighted by atomic mass is 9.93. The SMILES string of the molecule is CC1CCC(CN)CN1CCCOc1ccc(Cl)cc1. The zero-order valence-electron chi connectivity index (χ0n) is 12.2. The maximum Gasteiger partial charge on any atom is 0.119 e. The highest BCUT2D eigenvalue weighted by Gasteiger charge is 2.23. The summed E-state index contributed by atoms with van der Waals surface area (Å²) >= 11 is 5.85. The normalized spacial score (nSPS) is 23.8. The Balaban J connectivity index is 1.68. The highest BCUT2D eigenvalue weighted by molar-refractivity contribution is 6.30. The summed E-state index contributed by atoms with van der Waals surface area (Å²) in [5, 5.41) is 0.743. The minimum absolute atomic E-state index is 0.670. The van der Waals surface area contributed by atoms with Gasteiger partial charge in [0.05, 0.1) is 6.61 Å². The molecule has 0 radical (unpaired) electrons. The van der Waals surface area contributed by atoms with E-state index in [1.54, 1.807) is 0 Å². The zero-order valence-corrected chi connectivity index (χ0v) is 13.0. The van der Waals surface area contributed by atoms with Crippen molar-refractivity contribution < 1.29 is 4.74 Å². The molecule has 0 aromatic heterocycles. The average Bonchev–Trinajstić information content (AvgIpc) is 2.47. The third-order valence-corrected chi connectivity index (χ3v) is 4.37. The fourth-order valence-electron chi connectivity index (χ4n) is 2.75. The number of ether oxygens (including phenoxy) is 1. The van der Waals surface area contributed by atoms with Crippen LogP contribution in [0.2, 0.25) is 5.02 Å². The molecule has 0 saturated carbocycles. The van der Waals surface area contributed by atoms with E-state index in [0.29, 0.717) is 12.0 Å². The van der Waals surface area contributed by atoms with Gasteiger partial charge in [0.2, 0.25) is 0 Å². The van der Waals surface area contributed by atoms with Crippen LogP contribution in [-0.2, 0) is 0 Å². The van der Waals surface area contributed by atoms with E-state index in [0.717, 1.165) is 43.4 Å². The van der Waals surface area contributed by atoms with E-state index >= 15 is 0 Å². The van der Waals surface area contributed by atoms with Gasteiger partial charge in [-0.3, -0.25) is 0 Å². The van der Waals surface area contributed by atoms with Crippen LogP contribution in [0, 0.1) is 5.92 Å². The third-order valence-electron chi connectivity index (χ3n) is 4.11. The van der Waals surface area contributed by atoms with E-state index in [1.165, 1.54) is 12.8 Å². The minimum atomic E-state index is 0.670. The molecular weight excluding hydrogens is 272 g/mol. The highest BCUT2D eigenvalue weighted by atomic mass is 35.5. The topological polar surface area (TPSA) is 38.5 Å². The molecule has 1 aromatic carbocycles. The molecule has 4 heteroatoms. The fraction of sp³-hybridized carbons (Fsp3) is 0.625. The van der Waals surface area contributed by atoms with Crippen molar-refractivity contribution in [1.29, 1.82) is 0 Å². The number of piperidine rings is 1. The van der Waals surface area contributed by atoms with Crippen molar-refractivity contribution in [3.8, 4) is 5.75 Å². The van der Waals surface area contributed by atoms with E-state index in [4.69, 9.17) is 22.1 Å². The molecule has 112 valence electrons. The largest absolute Gasteiger partial charge is 0.494 e. The maximum absolute atomic E-state index is 5.85. The minimum Gasteiger partial charge on any atom is -0.494 e. The summed E-state index contributed by atoms with van der Waals surface area (Å²) in [5.41, 5.74) is 5.79. The van der Waals surface area contributed by atoms with Crippen molar-refractivity contribution in [2.75, 3.05) is 26.2 Å². The van der Waals surface area contributed by atoms with Gasteiger partial charge in [0, 0.05) is 24.2 Å². The van der Waals surface area contributed by atoms with Crippen LogP contribution in [0.3, 0.4) is 0 Å².